The van der Waals surface area contributed by atoms with Gasteiger partial charge in [-0.1, -0.05) is 28.1 Å². The van der Waals surface area contributed by atoms with Gasteiger partial charge in [0.05, 0.1) is 13.7 Å². The molecule has 2 aromatic rings. The van der Waals surface area contributed by atoms with Gasteiger partial charge >= 0.3 is 0 Å². The minimum absolute atomic E-state index is 0.150. The molecule has 1 amide bonds. The van der Waals surface area contributed by atoms with E-state index in [2.05, 4.69) is 21.2 Å². The van der Waals surface area contributed by atoms with Gasteiger partial charge in [0.2, 0.25) is 5.91 Å². The van der Waals surface area contributed by atoms with Crippen molar-refractivity contribution in [2.45, 2.75) is 0 Å². The number of benzene rings is 2. The van der Waals surface area contributed by atoms with Gasteiger partial charge in [-0.2, -0.15) is 0 Å². The van der Waals surface area contributed by atoms with E-state index in [0.717, 1.165) is 21.5 Å². The maximum Gasteiger partial charge on any atom is 0.244 e. The van der Waals surface area contributed by atoms with Gasteiger partial charge in [-0.15, -0.1) is 0 Å². The van der Waals surface area contributed by atoms with Crippen molar-refractivity contribution in [3.63, 3.8) is 0 Å². The minimum atomic E-state index is -0.150. The Morgan fingerprint density at radius 1 is 1.17 bits per heavy atom. The van der Waals surface area contributed by atoms with Gasteiger partial charge in [0, 0.05) is 10.5 Å². The molecule has 0 saturated heterocycles. The molecule has 0 bridgehead atoms. The second kappa shape index (κ2) is 9.00. The van der Waals surface area contributed by atoms with Crippen LogP contribution in [0.1, 0.15) is 5.56 Å². The van der Waals surface area contributed by atoms with E-state index in [9.17, 15) is 4.79 Å². The molecule has 0 unspecified atom stereocenters. The summed E-state index contributed by atoms with van der Waals surface area (Å²) in [7, 11) is 1.62. The lowest BCUT2D eigenvalue weighted by Gasteiger charge is -2.07. The quantitative estimate of drug-likeness (QED) is 0.593. The summed E-state index contributed by atoms with van der Waals surface area (Å²) in [6.07, 6.45) is 3.28. The molecule has 0 aliphatic carbocycles. The summed E-state index contributed by atoms with van der Waals surface area (Å²) in [6, 6.07) is 15.0. The summed E-state index contributed by atoms with van der Waals surface area (Å²) >= 11 is 3.39. The summed E-state index contributed by atoms with van der Waals surface area (Å²) < 4.78 is 11.6. The van der Waals surface area contributed by atoms with Gasteiger partial charge in [0.1, 0.15) is 18.1 Å². The van der Waals surface area contributed by atoms with Gasteiger partial charge < -0.3 is 14.8 Å². The normalized spacial score (nSPS) is 10.5. The summed E-state index contributed by atoms with van der Waals surface area (Å²) in [4.78, 5) is 11.7. The van der Waals surface area contributed by atoms with Crippen molar-refractivity contribution in [1.29, 1.82) is 0 Å². The van der Waals surface area contributed by atoms with Crippen LogP contribution in [0.2, 0.25) is 0 Å². The van der Waals surface area contributed by atoms with Crippen LogP contribution in [0.5, 0.6) is 11.5 Å². The van der Waals surface area contributed by atoms with E-state index in [1.165, 1.54) is 6.08 Å². The molecule has 0 fully saturated rings. The highest BCUT2D eigenvalue weighted by atomic mass is 79.9. The maximum absolute atomic E-state index is 11.7. The fourth-order valence-electron chi connectivity index (χ4n) is 1.86. The van der Waals surface area contributed by atoms with Crippen LogP contribution < -0.4 is 14.8 Å². The first kappa shape index (κ1) is 17.1. The Morgan fingerprint density at radius 3 is 2.61 bits per heavy atom. The molecule has 5 heteroatoms. The summed E-state index contributed by atoms with van der Waals surface area (Å²) in [5, 5.41) is 2.77. The summed E-state index contributed by atoms with van der Waals surface area (Å²) in [6.45, 7) is 0.844. The fraction of sp³-hybridized carbons (Fsp3) is 0.167. The number of carbonyl (C=O) groups is 1. The molecule has 0 atom stereocenters. The predicted octanol–water partition coefficient (Wildman–Crippen LogP) is 3.67. The van der Waals surface area contributed by atoms with Crippen LogP contribution in [0.4, 0.5) is 0 Å². The maximum atomic E-state index is 11.7. The number of rotatable bonds is 7. The molecular weight excluding hydrogens is 358 g/mol. The largest absolute Gasteiger partial charge is 0.497 e. The Hall–Kier alpha value is -2.27. The van der Waals surface area contributed by atoms with Crippen LogP contribution in [0.25, 0.3) is 6.08 Å². The Morgan fingerprint density at radius 2 is 1.91 bits per heavy atom. The third-order valence-corrected chi connectivity index (χ3v) is 3.50. The second-order valence-corrected chi connectivity index (χ2v) is 5.62. The number of methoxy groups -OCH3 is 1. The third-order valence-electron chi connectivity index (χ3n) is 3.01. The molecule has 0 saturated carbocycles. The molecule has 120 valence electrons. The van der Waals surface area contributed by atoms with Gasteiger partial charge in [0.25, 0.3) is 0 Å². The molecule has 4 nitrogen and oxygen atoms in total. The fourth-order valence-corrected chi connectivity index (χ4v) is 2.27. The van der Waals surface area contributed by atoms with Gasteiger partial charge in [-0.3, -0.25) is 4.79 Å². The smallest absolute Gasteiger partial charge is 0.244 e. The standard InChI is InChI=1S/C18H18BrNO3/c1-22-16-6-8-17(9-7-16)23-12-11-20-18(21)10-5-14-3-2-4-15(19)13-14/h2-10,13H,11-12H2,1H3,(H,20,21)/b10-5+. The van der Waals surface area contributed by atoms with Crippen molar-refractivity contribution >= 4 is 27.9 Å². The zero-order valence-corrected chi connectivity index (χ0v) is 14.4. The number of hydrogen-bond acceptors (Lipinski definition) is 3. The lowest BCUT2D eigenvalue weighted by atomic mass is 10.2. The molecule has 0 aromatic heterocycles. The number of ether oxygens (including phenoxy) is 2. The van der Waals surface area contributed by atoms with E-state index >= 15 is 0 Å². The Balaban J connectivity index is 1.70. The van der Waals surface area contributed by atoms with E-state index in [4.69, 9.17) is 9.47 Å². The number of amides is 1. The van der Waals surface area contributed by atoms with Gasteiger partial charge in [-0.05, 0) is 48.0 Å². The minimum Gasteiger partial charge on any atom is -0.497 e. The summed E-state index contributed by atoms with van der Waals surface area (Å²) in [5.41, 5.74) is 0.962. The average Bonchev–Trinajstić information content (AvgIpc) is 2.57. The van der Waals surface area contributed by atoms with Crippen LogP contribution in [0, 0.1) is 0 Å². The first-order valence-corrected chi connectivity index (χ1v) is 7.95. The number of halogens is 1. The van der Waals surface area contributed by atoms with Gasteiger partial charge in [-0.25, -0.2) is 0 Å². The molecule has 2 aromatic carbocycles. The van der Waals surface area contributed by atoms with Crippen molar-refractivity contribution in [1.82, 2.24) is 5.32 Å². The van der Waals surface area contributed by atoms with Crippen LogP contribution in [-0.4, -0.2) is 26.2 Å². The second-order valence-electron chi connectivity index (χ2n) is 4.70. The Bertz CT molecular complexity index is 668. The molecule has 1 N–H and O–H groups in total. The van der Waals surface area contributed by atoms with Crippen molar-refractivity contribution in [2.75, 3.05) is 20.3 Å². The topological polar surface area (TPSA) is 47.6 Å². The monoisotopic (exact) mass is 375 g/mol. The van der Waals surface area contributed by atoms with Crippen LogP contribution in [-0.2, 0) is 4.79 Å². The Labute approximate surface area is 144 Å². The lowest BCUT2D eigenvalue weighted by molar-refractivity contribution is -0.116. The Kier molecular flexibility index (Phi) is 6.69. The van der Waals surface area contributed by atoms with Gasteiger partial charge in [0.15, 0.2) is 0 Å². The molecule has 0 heterocycles. The lowest BCUT2D eigenvalue weighted by Crippen LogP contribution is -2.26. The van der Waals surface area contributed by atoms with E-state index in [1.807, 2.05) is 48.5 Å². The van der Waals surface area contributed by atoms with Crippen molar-refractivity contribution in [3.8, 4) is 11.5 Å². The highest BCUT2D eigenvalue weighted by molar-refractivity contribution is 9.10. The first-order chi connectivity index (χ1) is 11.2. The number of nitrogens with one attached hydrogen (secondary N) is 1. The van der Waals surface area contributed by atoms with Crippen molar-refractivity contribution in [3.05, 3.63) is 64.6 Å². The zero-order valence-electron chi connectivity index (χ0n) is 12.8. The van der Waals surface area contributed by atoms with Crippen molar-refractivity contribution in [2.24, 2.45) is 0 Å². The molecule has 0 spiro atoms. The van der Waals surface area contributed by atoms with E-state index in [-0.39, 0.29) is 5.91 Å². The van der Waals surface area contributed by atoms with Crippen LogP contribution >= 0.6 is 15.9 Å². The zero-order chi connectivity index (χ0) is 16.5. The van der Waals surface area contributed by atoms with E-state index in [0.29, 0.717) is 13.2 Å². The van der Waals surface area contributed by atoms with Crippen molar-refractivity contribution < 1.29 is 14.3 Å². The highest BCUT2D eigenvalue weighted by Crippen LogP contribution is 2.16. The number of carbonyl (C=O) groups excluding carboxylic acids is 1. The molecule has 0 aliphatic heterocycles. The predicted molar refractivity (Wildman–Crippen MR) is 94.7 cm³/mol. The van der Waals surface area contributed by atoms with Crippen LogP contribution in [0.3, 0.4) is 0 Å². The van der Waals surface area contributed by atoms with E-state index < -0.39 is 0 Å². The number of hydrogen-bond donors (Lipinski definition) is 1. The SMILES string of the molecule is COc1ccc(OCCNC(=O)/C=C/c2cccc(Br)c2)cc1. The highest BCUT2D eigenvalue weighted by Gasteiger charge is 1.98. The van der Waals surface area contributed by atoms with E-state index in [1.54, 1.807) is 13.2 Å². The average molecular weight is 376 g/mol. The first-order valence-electron chi connectivity index (χ1n) is 7.16. The third kappa shape index (κ3) is 6.16. The molecule has 0 aliphatic rings. The molecule has 0 radical (unpaired) electrons. The molecule has 23 heavy (non-hydrogen) atoms. The summed E-state index contributed by atoms with van der Waals surface area (Å²) in [5.74, 6) is 1.37. The molecule has 2 rings (SSSR count). The van der Waals surface area contributed by atoms with Crippen LogP contribution in [0.15, 0.2) is 59.1 Å². The molecular formula is C18H18BrNO3.